The first-order valence-electron chi connectivity index (χ1n) is 10.5. The number of hydrogen-bond donors (Lipinski definition) is 2. The predicted octanol–water partition coefficient (Wildman–Crippen LogP) is 3.02. The molecular weight excluding hydrogens is 402 g/mol. The summed E-state index contributed by atoms with van der Waals surface area (Å²) in [5, 5.41) is 6.65. The van der Waals surface area contributed by atoms with Gasteiger partial charge in [0.1, 0.15) is 6.54 Å². The Labute approximate surface area is 180 Å². The van der Waals surface area contributed by atoms with Crippen LogP contribution in [0.25, 0.3) is 0 Å². The summed E-state index contributed by atoms with van der Waals surface area (Å²) in [5.74, 6) is -0.463. The van der Waals surface area contributed by atoms with E-state index in [9.17, 15) is 14.4 Å². The van der Waals surface area contributed by atoms with E-state index in [4.69, 9.17) is 11.6 Å². The molecule has 4 rings (SSSR count). The number of nitrogens with zero attached hydrogens (tertiary/aromatic N) is 1. The van der Waals surface area contributed by atoms with Crippen molar-refractivity contribution in [1.82, 2.24) is 15.2 Å². The molecule has 2 amide bonds. The fraction of sp³-hybridized carbons (Fsp3) is 0.435. The molecule has 0 aliphatic heterocycles. The van der Waals surface area contributed by atoms with Gasteiger partial charge in [-0.3, -0.25) is 14.4 Å². The normalized spacial score (nSPS) is 17.5. The largest absolute Gasteiger partial charge is 0.352 e. The van der Waals surface area contributed by atoms with E-state index < -0.39 is 0 Å². The van der Waals surface area contributed by atoms with Gasteiger partial charge in [0.05, 0.1) is 5.56 Å². The minimum atomic E-state index is -0.303. The Hall–Kier alpha value is -2.60. The van der Waals surface area contributed by atoms with Gasteiger partial charge in [-0.15, -0.1) is 0 Å². The van der Waals surface area contributed by atoms with Crippen LogP contribution in [-0.4, -0.2) is 29.0 Å². The van der Waals surface area contributed by atoms with E-state index in [-0.39, 0.29) is 35.4 Å². The summed E-state index contributed by atoms with van der Waals surface area (Å²) in [4.78, 5) is 37.1. The van der Waals surface area contributed by atoms with Gasteiger partial charge in [-0.1, -0.05) is 42.6 Å². The van der Waals surface area contributed by atoms with Crippen molar-refractivity contribution in [1.29, 1.82) is 0 Å². The average molecular weight is 428 g/mol. The van der Waals surface area contributed by atoms with Gasteiger partial charge in [0.15, 0.2) is 0 Å². The number of carbonyl (C=O) groups is 2. The number of pyridine rings is 1. The minimum absolute atomic E-state index is 0.0833. The van der Waals surface area contributed by atoms with Crippen LogP contribution < -0.4 is 16.2 Å². The average Bonchev–Trinajstić information content (AvgIpc) is 3.35. The second-order valence-corrected chi connectivity index (χ2v) is 8.78. The van der Waals surface area contributed by atoms with Crippen molar-refractivity contribution in [2.75, 3.05) is 6.54 Å². The second kappa shape index (κ2) is 8.64. The zero-order valence-electron chi connectivity index (χ0n) is 16.8. The molecular formula is C23H26ClN3O3. The van der Waals surface area contributed by atoms with Crippen LogP contribution in [0.3, 0.4) is 0 Å². The molecule has 30 heavy (non-hydrogen) atoms. The Morgan fingerprint density at radius 3 is 2.53 bits per heavy atom. The Bertz CT molecular complexity index is 1010. The van der Waals surface area contributed by atoms with Crippen LogP contribution >= 0.6 is 11.6 Å². The van der Waals surface area contributed by atoms with Gasteiger partial charge >= 0.3 is 0 Å². The highest BCUT2D eigenvalue weighted by Crippen LogP contribution is 2.49. The third-order valence-electron chi connectivity index (χ3n) is 6.17. The quantitative estimate of drug-likeness (QED) is 0.712. The van der Waals surface area contributed by atoms with E-state index >= 15 is 0 Å². The molecule has 2 aliphatic rings. The van der Waals surface area contributed by atoms with Gasteiger partial charge in [0.2, 0.25) is 5.91 Å². The molecule has 0 unspecified atom stereocenters. The van der Waals surface area contributed by atoms with Crippen LogP contribution in [0.1, 0.15) is 54.4 Å². The molecule has 7 heteroatoms. The van der Waals surface area contributed by atoms with Crippen molar-refractivity contribution < 1.29 is 9.59 Å². The zero-order valence-corrected chi connectivity index (χ0v) is 17.6. The molecule has 2 aliphatic carbocycles. The monoisotopic (exact) mass is 427 g/mol. The van der Waals surface area contributed by atoms with Gasteiger partial charge in [0, 0.05) is 35.3 Å². The number of halogens is 1. The highest BCUT2D eigenvalue weighted by atomic mass is 35.5. The molecule has 158 valence electrons. The summed E-state index contributed by atoms with van der Waals surface area (Å²) in [7, 11) is 0. The number of amides is 2. The van der Waals surface area contributed by atoms with E-state index in [0.29, 0.717) is 17.1 Å². The number of hydrogen-bond acceptors (Lipinski definition) is 3. The maximum atomic E-state index is 12.7. The number of nitrogens with one attached hydrogen (secondary N) is 2. The lowest BCUT2D eigenvalue weighted by molar-refractivity contribution is -0.122. The van der Waals surface area contributed by atoms with Gasteiger partial charge in [-0.25, -0.2) is 0 Å². The van der Waals surface area contributed by atoms with Crippen LogP contribution in [-0.2, 0) is 16.8 Å². The van der Waals surface area contributed by atoms with Crippen LogP contribution in [0, 0.1) is 0 Å². The van der Waals surface area contributed by atoms with E-state index in [1.165, 1.54) is 22.9 Å². The maximum Gasteiger partial charge on any atom is 0.252 e. The summed E-state index contributed by atoms with van der Waals surface area (Å²) in [6, 6.07) is 10.7. The Balaban J connectivity index is 1.39. The molecule has 2 aromatic rings. The second-order valence-electron chi connectivity index (χ2n) is 8.38. The standard InChI is InChI=1S/C23H26ClN3O3/c24-19-8-4-3-7-18(19)23(11-12-23)15-25-22(30)16-9-10-21(29)27(13-16)14-20(28)26-17-5-1-2-6-17/h3-4,7-10,13,17H,1-2,5-6,11-12,14-15H2,(H,25,30)(H,26,28). The summed E-state index contributed by atoms with van der Waals surface area (Å²) in [6.45, 7) is 0.400. The number of carbonyl (C=O) groups excluding carboxylic acids is 2. The minimum Gasteiger partial charge on any atom is -0.352 e. The van der Waals surface area contributed by atoms with Gasteiger partial charge in [0.25, 0.3) is 11.5 Å². The third kappa shape index (κ3) is 4.59. The molecule has 0 atom stereocenters. The maximum absolute atomic E-state index is 12.7. The Morgan fingerprint density at radius 1 is 1.10 bits per heavy atom. The van der Waals surface area contributed by atoms with Crippen LogP contribution in [0.5, 0.6) is 0 Å². The Morgan fingerprint density at radius 2 is 1.83 bits per heavy atom. The molecule has 2 saturated carbocycles. The Kier molecular flexibility index (Phi) is 5.95. The lowest BCUT2D eigenvalue weighted by atomic mass is 9.96. The lowest BCUT2D eigenvalue weighted by Gasteiger charge is -2.18. The SMILES string of the molecule is O=C(Cn1cc(C(=O)NCC2(c3ccccc3Cl)CC2)ccc1=O)NC1CCCC1. The molecule has 1 heterocycles. The van der Waals surface area contributed by atoms with Crippen molar-refractivity contribution >= 4 is 23.4 Å². The van der Waals surface area contributed by atoms with Crippen LogP contribution in [0.15, 0.2) is 47.4 Å². The smallest absolute Gasteiger partial charge is 0.252 e. The van der Waals surface area contributed by atoms with Crippen LogP contribution in [0.4, 0.5) is 0 Å². The molecule has 1 aromatic heterocycles. The first-order chi connectivity index (χ1) is 14.5. The van der Waals surface area contributed by atoms with Crippen molar-refractivity contribution in [2.24, 2.45) is 0 Å². The van der Waals surface area contributed by atoms with Crippen molar-refractivity contribution in [3.8, 4) is 0 Å². The number of rotatable bonds is 7. The molecule has 6 nitrogen and oxygen atoms in total. The summed E-state index contributed by atoms with van der Waals surface area (Å²) in [5.41, 5.74) is 0.991. The van der Waals surface area contributed by atoms with Crippen molar-refractivity contribution in [2.45, 2.75) is 56.5 Å². The van der Waals surface area contributed by atoms with Gasteiger partial charge in [-0.2, -0.15) is 0 Å². The van der Waals surface area contributed by atoms with E-state index in [1.54, 1.807) is 0 Å². The highest BCUT2D eigenvalue weighted by molar-refractivity contribution is 6.31. The summed E-state index contributed by atoms with van der Waals surface area (Å²) >= 11 is 6.34. The van der Waals surface area contributed by atoms with Gasteiger partial charge < -0.3 is 15.2 Å². The third-order valence-corrected chi connectivity index (χ3v) is 6.50. The molecule has 0 radical (unpaired) electrons. The molecule has 0 saturated heterocycles. The molecule has 2 N–H and O–H groups in total. The zero-order chi connectivity index (χ0) is 21.1. The van der Waals surface area contributed by atoms with Crippen LogP contribution in [0.2, 0.25) is 5.02 Å². The first kappa shape index (κ1) is 20.7. The van der Waals surface area contributed by atoms with E-state index in [0.717, 1.165) is 44.1 Å². The lowest BCUT2D eigenvalue weighted by Crippen LogP contribution is -2.38. The van der Waals surface area contributed by atoms with Crippen molar-refractivity contribution in [3.63, 3.8) is 0 Å². The molecule has 0 bridgehead atoms. The summed E-state index contributed by atoms with van der Waals surface area (Å²) in [6.07, 6.45) is 7.61. The molecule has 1 aromatic carbocycles. The summed E-state index contributed by atoms with van der Waals surface area (Å²) < 4.78 is 1.29. The topological polar surface area (TPSA) is 80.2 Å². The molecule has 2 fully saturated rings. The van der Waals surface area contributed by atoms with Gasteiger partial charge in [-0.05, 0) is 43.4 Å². The number of aromatic nitrogens is 1. The predicted molar refractivity (Wildman–Crippen MR) is 116 cm³/mol. The number of benzene rings is 1. The van der Waals surface area contributed by atoms with Crippen molar-refractivity contribution in [3.05, 3.63) is 69.1 Å². The first-order valence-corrected chi connectivity index (χ1v) is 10.9. The highest BCUT2D eigenvalue weighted by Gasteiger charge is 2.45. The molecule has 0 spiro atoms. The van der Waals surface area contributed by atoms with E-state index in [1.807, 2.05) is 24.3 Å². The fourth-order valence-corrected chi connectivity index (χ4v) is 4.56. The van der Waals surface area contributed by atoms with E-state index in [2.05, 4.69) is 10.6 Å². The fourth-order valence-electron chi connectivity index (χ4n) is 4.22.